The lowest BCUT2D eigenvalue weighted by Gasteiger charge is -2.10. The number of nitrogens with zero attached hydrogens (tertiary/aromatic N) is 1. The molecule has 1 heterocycles. The summed E-state index contributed by atoms with van der Waals surface area (Å²) in [6, 6.07) is 16.5. The number of pyridine rings is 1. The molecule has 1 aliphatic carbocycles. The molecule has 0 saturated heterocycles. The molecule has 1 aromatic heterocycles. The van der Waals surface area contributed by atoms with E-state index in [0.29, 0.717) is 34.7 Å². The largest absolute Gasteiger partial charge is 0.489 e. The van der Waals surface area contributed by atoms with Crippen molar-refractivity contribution in [3.63, 3.8) is 0 Å². The van der Waals surface area contributed by atoms with Gasteiger partial charge < -0.3 is 14.2 Å². The van der Waals surface area contributed by atoms with Gasteiger partial charge in [0.2, 0.25) is 5.88 Å². The molecule has 0 unspecified atom stereocenters. The van der Waals surface area contributed by atoms with Crippen molar-refractivity contribution < 1.29 is 19.0 Å². The van der Waals surface area contributed by atoms with E-state index in [1.807, 2.05) is 36.4 Å². The van der Waals surface area contributed by atoms with Crippen molar-refractivity contribution in [2.75, 3.05) is 13.7 Å². The molecule has 4 rings (SSSR count). The average Bonchev–Trinajstić information content (AvgIpc) is 3.61. The lowest BCUT2D eigenvalue weighted by Crippen LogP contribution is -2.02. The Kier molecular flexibility index (Phi) is 6.19. The number of carbonyl (C=O) groups is 1. The van der Waals surface area contributed by atoms with Crippen molar-refractivity contribution in [3.8, 4) is 22.8 Å². The van der Waals surface area contributed by atoms with E-state index >= 15 is 0 Å². The summed E-state index contributed by atoms with van der Waals surface area (Å²) in [6.45, 7) is 1.09. The fourth-order valence-corrected chi connectivity index (χ4v) is 3.18. The first-order valence-electron chi connectivity index (χ1n) is 9.80. The molecule has 3 aromatic rings. The highest BCUT2D eigenvalue weighted by atomic mass is 35.5. The first-order valence-corrected chi connectivity index (χ1v) is 10.2. The normalized spacial score (nSPS) is 13.0. The minimum Gasteiger partial charge on any atom is -0.489 e. The fourth-order valence-electron chi connectivity index (χ4n) is 2.96. The number of benzene rings is 2. The number of hydrogen-bond acceptors (Lipinski definition) is 5. The molecule has 5 nitrogen and oxygen atoms in total. The highest BCUT2D eigenvalue weighted by molar-refractivity contribution is 6.31. The van der Waals surface area contributed by atoms with E-state index in [1.54, 1.807) is 24.4 Å². The predicted octanol–water partition coefficient (Wildman–Crippen LogP) is 5.56. The zero-order chi connectivity index (χ0) is 20.9. The third kappa shape index (κ3) is 5.30. The Morgan fingerprint density at radius 1 is 1.03 bits per heavy atom. The molecule has 154 valence electrons. The molecule has 0 amide bonds. The molecule has 6 heteroatoms. The van der Waals surface area contributed by atoms with Gasteiger partial charge in [-0.05, 0) is 66.3 Å². The summed E-state index contributed by atoms with van der Waals surface area (Å²) in [4.78, 5) is 15.9. The van der Waals surface area contributed by atoms with E-state index in [2.05, 4.69) is 4.98 Å². The van der Waals surface area contributed by atoms with Crippen LogP contribution in [0.1, 0.15) is 28.8 Å². The van der Waals surface area contributed by atoms with E-state index in [-0.39, 0.29) is 5.97 Å². The van der Waals surface area contributed by atoms with Gasteiger partial charge in [-0.1, -0.05) is 23.7 Å². The molecule has 0 radical (unpaired) electrons. The second kappa shape index (κ2) is 9.18. The van der Waals surface area contributed by atoms with Crippen LogP contribution < -0.4 is 9.47 Å². The van der Waals surface area contributed by atoms with Crippen molar-refractivity contribution >= 4 is 17.6 Å². The zero-order valence-electron chi connectivity index (χ0n) is 16.6. The van der Waals surface area contributed by atoms with Crippen molar-refractivity contribution in [2.24, 2.45) is 5.92 Å². The van der Waals surface area contributed by atoms with Crippen LogP contribution in [0.25, 0.3) is 11.1 Å². The van der Waals surface area contributed by atoms with E-state index in [4.69, 9.17) is 25.8 Å². The van der Waals surface area contributed by atoms with Gasteiger partial charge in [0.15, 0.2) is 0 Å². The Labute approximate surface area is 180 Å². The van der Waals surface area contributed by atoms with Crippen molar-refractivity contribution in [2.45, 2.75) is 19.4 Å². The van der Waals surface area contributed by atoms with Crippen LogP contribution in [-0.4, -0.2) is 24.7 Å². The first-order chi connectivity index (χ1) is 14.6. The predicted molar refractivity (Wildman–Crippen MR) is 115 cm³/mol. The van der Waals surface area contributed by atoms with Crippen LogP contribution in [0.15, 0.2) is 60.8 Å². The first kappa shape index (κ1) is 20.2. The monoisotopic (exact) mass is 423 g/mol. The van der Waals surface area contributed by atoms with Gasteiger partial charge in [-0.3, -0.25) is 0 Å². The van der Waals surface area contributed by atoms with Crippen LogP contribution in [0.5, 0.6) is 11.6 Å². The van der Waals surface area contributed by atoms with E-state index in [0.717, 1.165) is 23.3 Å². The minimum atomic E-state index is -0.362. The molecule has 0 aliphatic heterocycles. The fraction of sp³-hybridized carbons (Fsp3) is 0.250. The van der Waals surface area contributed by atoms with Gasteiger partial charge in [-0.2, -0.15) is 0 Å². The van der Waals surface area contributed by atoms with Crippen LogP contribution in [0, 0.1) is 5.92 Å². The lowest BCUT2D eigenvalue weighted by molar-refractivity contribution is 0.0600. The van der Waals surface area contributed by atoms with E-state index in [9.17, 15) is 4.79 Å². The van der Waals surface area contributed by atoms with Crippen molar-refractivity contribution in [1.29, 1.82) is 0 Å². The van der Waals surface area contributed by atoms with Crippen LogP contribution in [0.2, 0.25) is 5.02 Å². The van der Waals surface area contributed by atoms with Crippen LogP contribution in [0.4, 0.5) is 0 Å². The number of hydrogen-bond donors (Lipinski definition) is 0. The maximum atomic E-state index is 11.5. The van der Waals surface area contributed by atoms with Crippen LogP contribution in [-0.2, 0) is 11.3 Å². The lowest BCUT2D eigenvalue weighted by atomic mass is 10.1. The van der Waals surface area contributed by atoms with Crippen LogP contribution >= 0.6 is 11.6 Å². The summed E-state index contributed by atoms with van der Waals surface area (Å²) in [5.74, 6) is 1.62. The molecular formula is C24H22ClNO4. The Morgan fingerprint density at radius 2 is 1.83 bits per heavy atom. The standard InChI is InChI=1S/C24H22ClNO4/c1-28-24(27)18-6-4-17(5-7-18)14-29-22-11-20(10-21(25)12-22)19-8-9-23(26-13-19)30-15-16-2-3-16/h4-13,16H,2-3,14-15H2,1H3. The molecule has 0 bridgehead atoms. The Balaban J connectivity index is 1.41. The van der Waals surface area contributed by atoms with E-state index < -0.39 is 0 Å². The zero-order valence-corrected chi connectivity index (χ0v) is 17.4. The van der Waals surface area contributed by atoms with Gasteiger partial charge in [-0.25, -0.2) is 9.78 Å². The van der Waals surface area contributed by atoms with E-state index in [1.165, 1.54) is 20.0 Å². The molecule has 1 fully saturated rings. The maximum absolute atomic E-state index is 11.5. The molecule has 1 aliphatic rings. The van der Waals surface area contributed by atoms with Gasteiger partial charge in [0.25, 0.3) is 0 Å². The number of carbonyl (C=O) groups excluding carboxylic acids is 1. The molecule has 0 spiro atoms. The molecule has 2 aromatic carbocycles. The smallest absolute Gasteiger partial charge is 0.337 e. The Hall–Kier alpha value is -3.05. The summed E-state index contributed by atoms with van der Waals surface area (Å²) < 4.78 is 16.3. The Bertz CT molecular complexity index is 1010. The molecule has 0 N–H and O–H groups in total. The maximum Gasteiger partial charge on any atom is 0.337 e. The summed E-state index contributed by atoms with van der Waals surface area (Å²) >= 11 is 6.30. The highest BCUT2D eigenvalue weighted by Crippen LogP contribution is 2.31. The number of rotatable bonds is 8. The van der Waals surface area contributed by atoms with Gasteiger partial charge in [0, 0.05) is 22.8 Å². The Morgan fingerprint density at radius 3 is 2.50 bits per heavy atom. The summed E-state index contributed by atoms with van der Waals surface area (Å²) in [7, 11) is 1.36. The minimum absolute atomic E-state index is 0.355. The second-order valence-electron chi connectivity index (χ2n) is 7.29. The van der Waals surface area contributed by atoms with Crippen molar-refractivity contribution in [1.82, 2.24) is 4.98 Å². The summed E-state index contributed by atoms with van der Waals surface area (Å²) in [5, 5.41) is 0.581. The number of methoxy groups -OCH3 is 1. The molecule has 30 heavy (non-hydrogen) atoms. The highest BCUT2D eigenvalue weighted by Gasteiger charge is 2.22. The topological polar surface area (TPSA) is 57.7 Å². The van der Waals surface area contributed by atoms with Crippen molar-refractivity contribution in [3.05, 3.63) is 76.9 Å². The number of halogens is 1. The third-order valence-corrected chi connectivity index (χ3v) is 5.10. The third-order valence-electron chi connectivity index (χ3n) is 4.89. The average molecular weight is 424 g/mol. The van der Waals surface area contributed by atoms with Gasteiger partial charge in [0.1, 0.15) is 12.4 Å². The van der Waals surface area contributed by atoms with Gasteiger partial charge in [-0.15, -0.1) is 0 Å². The second-order valence-corrected chi connectivity index (χ2v) is 7.73. The summed E-state index contributed by atoms with van der Waals surface area (Å²) in [5.41, 5.74) is 3.29. The SMILES string of the molecule is COC(=O)c1ccc(COc2cc(Cl)cc(-c3ccc(OCC4CC4)nc3)c2)cc1. The molecule has 1 saturated carbocycles. The van der Waals surface area contributed by atoms with Crippen LogP contribution in [0.3, 0.4) is 0 Å². The quantitative estimate of drug-likeness (QED) is 0.444. The number of ether oxygens (including phenoxy) is 3. The van der Waals surface area contributed by atoms with Gasteiger partial charge >= 0.3 is 5.97 Å². The molecular weight excluding hydrogens is 402 g/mol. The number of aromatic nitrogens is 1. The van der Waals surface area contributed by atoms with Gasteiger partial charge in [0.05, 0.1) is 19.3 Å². The molecule has 0 atom stereocenters. The summed E-state index contributed by atoms with van der Waals surface area (Å²) in [6.07, 6.45) is 4.28. The number of esters is 1.